The first-order valence-corrected chi connectivity index (χ1v) is 6.51. The van der Waals surface area contributed by atoms with Gasteiger partial charge in [0.1, 0.15) is 5.75 Å². The van der Waals surface area contributed by atoms with Gasteiger partial charge in [0.15, 0.2) is 5.78 Å². The molecule has 0 spiro atoms. The largest absolute Gasteiger partial charge is 0.492 e. The van der Waals surface area contributed by atoms with Crippen molar-refractivity contribution in [1.82, 2.24) is 0 Å². The lowest BCUT2D eigenvalue weighted by molar-refractivity contribution is -0.116. The highest BCUT2D eigenvalue weighted by Gasteiger charge is 2.11. The molecule has 0 heterocycles. The Morgan fingerprint density at radius 3 is 2.53 bits per heavy atom. The fraction of sp³-hybridized carbons (Fsp3) is 0.467. The molecule has 0 bridgehead atoms. The van der Waals surface area contributed by atoms with Crippen LogP contribution in [0.5, 0.6) is 5.75 Å². The van der Waals surface area contributed by atoms with Crippen molar-refractivity contribution in [3.05, 3.63) is 23.8 Å². The van der Waals surface area contributed by atoms with Gasteiger partial charge in [-0.2, -0.15) is 0 Å². The van der Waals surface area contributed by atoms with E-state index in [4.69, 9.17) is 4.74 Å². The monoisotopic (exact) mass is 263 g/mol. The van der Waals surface area contributed by atoms with Gasteiger partial charge in [0.2, 0.25) is 5.91 Å². The van der Waals surface area contributed by atoms with E-state index < -0.39 is 0 Å². The Kier molecular flexibility index (Phi) is 5.55. The van der Waals surface area contributed by atoms with Gasteiger partial charge in [-0.05, 0) is 38.0 Å². The second kappa shape index (κ2) is 6.92. The maximum absolute atomic E-state index is 11.8. The molecule has 0 aromatic heterocycles. The minimum Gasteiger partial charge on any atom is -0.492 e. The van der Waals surface area contributed by atoms with Crippen LogP contribution in [0.1, 0.15) is 44.5 Å². The van der Waals surface area contributed by atoms with Crippen molar-refractivity contribution >= 4 is 17.4 Å². The molecule has 1 N–H and O–H groups in total. The summed E-state index contributed by atoms with van der Waals surface area (Å²) in [5.41, 5.74) is 1.11. The molecule has 0 aliphatic rings. The molecule has 19 heavy (non-hydrogen) atoms. The summed E-state index contributed by atoms with van der Waals surface area (Å²) in [6.07, 6.45) is 0.440. The molecule has 1 amide bonds. The van der Waals surface area contributed by atoms with Crippen molar-refractivity contribution in [3.8, 4) is 5.75 Å². The van der Waals surface area contributed by atoms with Gasteiger partial charge in [-0.25, -0.2) is 0 Å². The summed E-state index contributed by atoms with van der Waals surface area (Å²) >= 11 is 0. The fourth-order valence-corrected chi connectivity index (χ4v) is 1.70. The first-order chi connectivity index (χ1) is 8.93. The van der Waals surface area contributed by atoms with Gasteiger partial charge >= 0.3 is 0 Å². The smallest absolute Gasteiger partial charge is 0.224 e. The first-order valence-electron chi connectivity index (χ1n) is 6.51. The van der Waals surface area contributed by atoms with E-state index in [2.05, 4.69) is 5.32 Å². The van der Waals surface area contributed by atoms with Crippen molar-refractivity contribution in [2.75, 3.05) is 11.9 Å². The van der Waals surface area contributed by atoms with Crippen LogP contribution < -0.4 is 10.1 Å². The number of carbonyl (C=O) groups excluding carboxylic acids is 2. The van der Waals surface area contributed by atoms with E-state index in [0.29, 0.717) is 30.0 Å². The lowest BCUT2D eigenvalue weighted by Gasteiger charge is -2.13. The number of benzene rings is 1. The average Bonchev–Trinajstić information content (AvgIpc) is 2.30. The third kappa shape index (κ3) is 4.73. The minimum atomic E-state index is -0.0725. The molecule has 1 aromatic carbocycles. The van der Waals surface area contributed by atoms with E-state index in [1.165, 1.54) is 6.92 Å². The van der Waals surface area contributed by atoms with Gasteiger partial charge < -0.3 is 10.1 Å². The Morgan fingerprint density at radius 2 is 2.00 bits per heavy atom. The van der Waals surface area contributed by atoms with E-state index in [1.807, 2.05) is 20.8 Å². The second-order valence-corrected chi connectivity index (χ2v) is 4.85. The molecule has 0 fully saturated rings. The summed E-state index contributed by atoms with van der Waals surface area (Å²) in [5.74, 6) is 0.759. The van der Waals surface area contributed by atoms with Crippen LogP contribution in [0.2, 0.25) is 0 Å². The third-order valence-corrected chi connectivity index (χ3v) is 2.55. The molecule has 1 rings (SSSR count). The van der Waals surface area contributed by atoms with Crippen molar-refractivity contribution in [1.29, 1.82) is 0 Å². The maximum atomic E-state index is 11.8. The van der Waals surface area contributed by atoms with Crippen molar-refractivity contribution in [2.24, 2.45) is 5.92 Å². The molecule has 0 radical (unpaired) electrons. The Morgan fingerprint density at radius 1 is 1.32 bits per heavy atom. The predicted molar refractivity (Wildman–Crippen MR) is 75.7 cm³/mol. The number of carbonyl (C=O) groups is 2. The van der Waals surface area contributed by atoms with Crippen LogP contribution in [0.25, 0.3) is 0 Å². The SMILES string of the molecule is CCOc1ccc(C(C)=O)cc1NC(=O)CC(C)C. The van der Waals surface area contributed by atoms with Gasteiger partial charge in [0, 0.05) is 12.0 Å². The minimum absolute atomic E-state index is 0.0394. The molecule has 0 unspecified atom stereocenters. The van der Waals surface area contributed by atoms with Crippen LogP contribution >= 0.6 is 0 Å². The summed E-state index contributed by atoms with van der Waals surface area (Å²) in [6, 6.07) is 5.07. The molecular weight excluding hydrogens is 242 g/mol. The van der Waals surface area contributed by atoms with E-state index in [0.717, 1.165) is 0 Å². The molecular formula is C15H21NO3. The maximum Gasteiger partial charge on any atom is 0.224 e. The molecule has 1 aromatic rings. The number of ketones is 1. The zero-order valence-corrected chi connectivity index (χ0v) is 11.9. The van der Waals surface area contributed by atoms with Crippen molar-refractivity contribution < 1.29 is 14.3 Å². The van der Waals surface area contributed by atoms with Gasteiger partial charge in [-0.15, -0.1) is 0 Å². The number of amides is 1. The van der Waals surface area contributed by atoms with Crippen LogP contribution in [0.4, 0.5) is 5.69 Å². The van der Waals surface area contributed by atoms with E-state index >= 15 is 0 Å². The third-order valence-electron chi connectivity index (χ3n) is 2.55. The summed E-state index contributed by atoms with van der Waals surface area (Å²) in [7, 11) is 0. The zero-order valence-electron chi connectivity index (χ0n) is 11.9. The normalized spacial score (nSPS) is 10.4. The Hall–Kier alpha value is -1.84. The highest BCUT2D eigenvalue weighted by Crippen LogP contribution is 2.26. The quantitative estimate of drug-likeness (QED) is 0.801. The molecule has 4 heteroatoms. The number of nitrogens with one attached hydrogen (secondary N) is 1. The molecule has 0 saturated carbocycles. The Bertz CT molecular complexity index is 466. The highest BCUT2D eigenvalue weighted by molar-refractivity contribution is 5.98. The number of hydrogen-bond acceptors (Lipinski definition) is 3. The predicted octanol–water partition coefficient (Wildman–Crippen LogP) is 3.27. The lowest BCUT2D eigenvalue weighted by Crippen LogP contribution is -2.15. The Balaban J connectivity index is 2.96. The Labute approximate surface area is 114 Å². The van der Waals surface area contributed by atoms with E-state index in [9.17, 15) is 9.59 Å². The average molecular weight is 263 g/mol. The van der Waals surface area contributed by atoms with Crippen LogP contribution in [-0.2, 0) is 4.79 Å². The lowest BCUT2D eigenvalue weighted by atomic mass is 10.1. The molecule has 0 saturated heterocycles. The summed E-state index contributed by atoms with van der Waals surface area (Å²) < 4.78 is 5.45. The van der Waals surface area contributed by atoms with Gasteiger partial charge in [-0.1, -0.05) is 13.8 Å². The molecule has 104 valence electrons. The fourth-order valence-electron chi connectivity index (χ4n) is 1.70. The molecule has 0 aliphatic heterocycles. The van der Waals surface area contributed by atoms with Crippen LogP contribution in [-0.4, -0.2) is 18.3 Å². The van der Waals surface area contributed by atoms with Gasteiger partial charge in [-0.3, -0.25) is 9.59 Å². The molecule has 0 atom stereocenters. The second-order valence-electron chi connectivity index (χ2n) is 4.85. The van der Waals surface area contributed by atoms with E-state index in [1.54, 1.807) is 18.2 Å². The summed E-state index contributed by atoms with van der Waals surface area (Å²) in [4.78, 5) is 23.2. The van der Waals surface area contributed by atoms with Crippen LogP contribution in [0, 0.1) is 5.92 Å². The first kappa shape index (κ1) is 15.2. The van der Waals surface area contributed by atoms with Gasteiger partial charge in [0.25, 0.3) is 0 Å². The van der Waals surface area contributed by atoms with Crippen LogP contribution in [0.3, 0.4) is 0 Å². The summed E-state index contributed by atoms with van der Waals surface area (Å²) in [5, 5.41) is 2.81. The van der Waals surface area contributed by atoms with Crippen LogP contribution in [0.15, 0.2) is 18.2 Å². The van der Waals surface area contributed by atoms with Crippen molar-refractivity contribution in [2.45, 2.75) is 34.1 Å². The zero-order chi connectivity index (χ0) is 14.4. The van der Waals surface area contributed by atoms with Gasteiger partial charge in [0.05, 0.1) is 12.3 Å². The summed E-state index contributed by atoms with van der Waals surface area (Å²) in [6.45, 7) is 7.84. The standard InChI is InChI=1S/C15H21NO3/c1-5-19-14-7-6-12(11(4)17)9-13(14)16-15(18)8-10(2)3/h6-7,9-10H,5,8H2,1-4H3,(H,16,18). The number of ether oxygens (including phenoxy) is 1. The number of hydrogen-bond donors (Lipinski definition) is 1. The number of anilines is 1. The number of rotatable bonds is 6. The molecule has 4 nitrogen and oxygen atoms in total. The topological polar surface area (TPSA) is 55.4 Å². The van der Waals surface area contributed by atoms with Crippen molar-refractivity contribution in [3.63, 3.8) is 0 Å². The number of Topliss-reactive ketones (excluding diaryl/α,β-unsaturated/α-hetero) is 1. The van der Waals surface area contributed by atoms with E-state index in [-0.39, 0.29) is 17.6 Å². The highest BCUT2D eigenvalue weighted by atomic mass is 16.5. The molecule has 0 aliphatic carbocycles.